The first-order valence-electron chi connectivity index (χ1n) is 6.13. The molecule has 1 N–H and O–H groups in total. The van der Waals surface area contributed by atoms with Crippen LogP contribution in [-0.2, 0) is 0 Å². The van der Waals surface area contributed by atoms with Gasteiger partial charge in [0.05, 0.1) is 0 Å². The van der Waals surface area contributed by atoms with Crippen LogP contribution >= 0.6 is 0 Å². The van der Waals surface area contributed by atoms with Crippen LogP contribution in [0.2, 0.25) is 0 Å². The molecule has 2 unspecified atom stereocenters. The first-order valence-corrected chi connectivity index (χ1v) is 6.13. The minimum Gasteiger partial charge on any atom is -0.313 e. The quantitative estimate of drug-likeness (QED) is 0.647. The molecule has 0 aromatic rings. The normalized spacial score (nSPS) is 15.9. The second-order valence-electron chi connectivity index (χ2n) is 4.20. The fraction of sp³-hybridized carbons (Fsp3) is 1.00. The van der Waals surface area contributed by atoms with Crippen molar-refractivity contribution in [2.24, 2.45) is 0 Å². The monoisotopic (exact) mass is 200 g/mol. The second kappa shape index (κ2) is 8.25. The minimum absolute atomic E-state index is 0.615. The number of nitrogens with one attached hydrogen (secondary N) is 1. The third kappa shape index (κ3) is 5.61. The highest BCUT2D eigenvalue weighted by atomic mass is 15.2. The summed E-state index contributed by atoms with van der Waals surface area (Å²) in [6, 6.07) is 1.33. The molecular weight excluding hydrogens is 172 g/mol. The van der Waals surface area contributed by atoms with Gasteiger partial charge in [0, 0.05) is 18.6 Å². The molecule has 0 bridgehead atoms. The molecule has 0 aromatic heterocycles. The van der Waals surface area contributed by atoms with E-state index in [0.29, 0.717) is 12.1 Å². The van der Waals surface area contributed by atoms with E-state index in [2.05, 4.69) is 44.8 Å². The maximum Gasteiger partial charge on any atom is 0.0166 e. The van der Waals surface area contributed by atoms with Gasteiger partial charge in [-0.05, 0) is 39.8 Å². The molecule has 0 aliphatic heterocycles. The molecule has 0 saturated carbocycles. The first-order chi connectivity index (χ1) is 6.65. The maximum absolute atomic E-state index is 3.53. The maximum atomic E-state index is 3.53. The number of likely N-dealkylation sites (N-methyl/N-ethyl adjacent to an activating group) is 1. The lowest BCUT2D eigenvalue weighted by atomic mass is 10.2. The SMILES string of the molecule is CCCNC(C)CN(CC)C(C)CC. The van der Waals surface area contributed by atoms with Gasteiger partial charge >= 0.3 is 0 Å². The molecule has 0 rings (SSSR count). The third-order valence-corrected chi connectivity index (χ3v) is 2.87. The average Bonchev–Trinajstić information content (AvgIpc) is 2.21. The molecule has 0 heterocycles. The van der Waals surface area contributed by atoms with Gasteiger partial charge in [-0.3, -0.25) is 4.90 Å². The van der Waals surface area contributed by atoms with Gasteiger partial charge < -0.3 is 5.32 Å². The van der Waals surface area contributed by atoms with Crippen molar-refractivity contribution in [3.63, 3.8) is 0 Å². The van der Waals surface area contributed by atoms with Gasteiger partial charge in [0.15, 0.2) is 0 Å². The van der Waals surface area contributed by atoms with E-state index in [4.69, 9.17) is 0 Å². The Morgan fingerprint density at radius 1 is 1.14 bits per heavy atom. The Kier molecular flexibility index (Phi) is 8.20. The van der Waals surface area contributed by atoms with Crippen LogP contribution in [0.15, 0.2) is 0 Å². The summed E-state index contributed by atoms with van der Waals surface area (Å²) in [6.45, 7) is 14.8. The van der Waals surface area contributed by atoms with Crippen LogP contribution in [-0.4, -0.2) is 36.6 Å². The Balaban J connectivity index is 3.79. The van der Waals surface area contributed by atoms with Crippen molar-refractivity contribution in [3.05, 3.63) is 0 Å². The van der Waals surface area contributed by atoms with Crippen LogP contribution in [0.25, 0.3) is 0 Å². The number of hydrogen-bond donors (Lipinski definition) is 1. The fourth-order valence-corrected chi connectivity index (χ4v) is 1.69. The van der Waals surface area contributed by atoms with E-state index in [1.807, 2.05) is 0 Å². The molecule has 2 heteroatoms. The molecule has 0 radical (unpaired) electrons. The van der Waals surface area contributed by atoms with Gasteiger partial charge in [0.2, 0.25) is 0 Å². The molecule has 0 spiro atoms. The number of nitrogens with zero attached hydrogens (tertiary/aromatic N) is 1. The highest BCUT2D eigenvalue weighted by Crippen LogP contribution is 2.03. The molecule has 0 aromatic carbocycles. The lowest BCUT2D eigenvalue weighted by Crippen LogP contribution is -2.43. The van der Waals surface area contributed by atoms with Crippen molar-refractivity contribution in [3.8, 4) is 0 Å². The number of rotatable bonds is 8. The zero-order valence-electron chi connectivity index (χ0n) is 10.6. The van der Waals surface area contributed by atoms with Crippen molar-refractivity contribution < 1.29 is 0 Å². The molecule has 0 aliphatic carbocycles. The van der Waals surface area contributed by atoms with E-state index in [0.717, 1.165) is 13.1 Å². The van der Waals surface area contributed by atoms with Crippen molar-refractivity contribution in [1.82, 2.24) is 10.2 Å². The Bertz CT molecular complexity index is 125. The van der Waals surface area contributed by atoms with E-state index < -0.39 is 0 Å². The van der Waals surface area contributed by atoms with E-state index in [-0.39, 0.29) is 0 Å². The zero-order chi connectivity index (χ0) is 11.0. The topological polar surface area (TPSA) is 15.3 Å². The molecule has 2 nitrogen and oxygen atoms in total. The highest BCUT2D eigenvalue weighted by Gasteiger charge is 2.12. The summed E-state index contributed by atoms with van der Waals surface area (Å²) in [6.07, 6.45) is 2.47. The Labute approximate surface area is 90.1 Å². The van der Waals surface area contributed by atoms with Crippen LogP contribution < -0.4 is 5.32 Å². The fourth-order valence-electron chi connectivity index (χ4n) is 1.69. The molecule has 2 atom stereocenters. The zero-order valence-corrected chi connectivity index (χ0v) is 10.6. The van der Waals surface area contributed by atoms with Crippen LogP contribution in [0.3, 0.4) is 0 Å². The average molecular weight is 200 g/mol. The van der Waals surface area contributed by atoms with Crippen LogP contribution in [0.4, 0.5) is 0 Å². The predicted molar refractivity (Wildman–Crippen MR) is 64.8 cm³/mol. The summed E-state index contributed by atoms with van der Waals surface area (Å²) < 4.78 is 0. The van der Waals surface area contributed by atoms with Crippen molar-refractivity contribution in [2.75, 3.05) is 19.6 Å². The first kappa shape index (κ1) is 13.9. The van der Waals surface area contributed by atoms with Crippen LogP contribution in [0.1, 0.15) is 47.5 Å². The van der Waals surface area contributed by atoms with E-state index >= 15 is 0 Å². The minimum atomic E-state index is 0.615. The Morgan fingerprint density at radius 3 is 2.21 bits per heavy atom. The van der Waals surface area contributed by atoms with Gasteiger partial charge in [-0.25, -0.2) is 0 Å². The number of hydrogen-bond acceptors (Lipinski definition) is 2. The molecule has 0 saturated heterocycles. The standard InChI is InChI=1S/C12H28N2/c1-6-9-13-11(4)10-14(8-3)12(5)7-2/h11-13H,6-10H2,1-5H3. The largest absolute Gasteiger partial charge is 0.313 e. The van der Waals surface area contributed by atoms with E-state index in [1.165, 1.54) is 19.4 Å². The van der Waals surface area contributed by atoms with Crippen LogP contribution in [0, 0.1) is 0 Å². The predicted octanol–water partition coefficient (Wildman–Crippen LogP) is 2.49. The van der Waals surface area contributed by atoms with Gasteiger partial charge in [0.1, 0.15) is 0 Å². The lowest BCUT2D eigenvalue weighted by molar-refractivity contribution is 0.195. The summed E-state index contributed by atoms with van der Waals surface area (Å²) in [7, 11) is 0. The second-order valence-corrected chi connectivity index (χ2v) is 4.20. The third-order valence-electron chi connectivity index (χ3n) is 2.87. The molecule has 0 aliphatic rings. The Hall–Kier alpha value is -0.0800. The van der Waals surface area contributed by atoms with E-state index in [1.54, 1.807) is 0 Å². The lowest BCUT2D eigenvalue weighted by Gasteiger charge is -2.30. The summed E-state index contributed by atoms with van der Waals surface area (Å²) in [5.74, 6) is 0. The summed E-state index contributed by atoms with van der Waals surface area (Å²) in [5.41, 5.74) is 0. The summed E-state index contributed by atoms with van der Waals surface area (Å²) >= 11 is 0. The molecular formula is C12H28N2. The summed E-state index contributed by atoms with van der Waals surface area (Å²) in [4.78, 5) is 2.55. The van der Waals surface area contributed by atoms with Crippen molar-refractivity contribution in [1.29, 1.82) is 0 Å². The van der Waals surface area contributed by atoms with Gasteiger partial charge in [-0.1, -0.05) is 20.8 Å². The van der Waals surface area contributed by atoms with Crippen molar-refractivity contribution >= 4 is 0 Å². The van der Waals surface area contributed by atoms with Gasteiger partial charge in [-0.15, -0.1) is 0 Å². The van der Waals surface area contributed by atoms with Gasteiger partial charge in [0.25, 0.3) is 0 Å². The van der Waals surface area contributed by atoms with E-state index in [9.17, 15) is 0 Å². The molecule has 0 fully saturated rings. The van der Waals surface area contributed by atoms with Crippen molar-refractivity contribution in [2.45, 2.75) is 59.5 Å². The van der Waals surface area contributed by atoms with Gasteiger partial charge in [-0.2, -0.15) is 0 Å². The molecule has 86 valence electrons. The Morgan fingerprint density at radius 2 is 1.79 bits per heavy atom. The molecule has 14 heavy (non-hydrogen) atoms. The molecule has 0 amide bonds. The summed E-state index contributed by atoms with van der Waals surface area (Å²) in [5, 5.41) is 3.53. The highest BCUT2D eigenvalue weighted by molar-refractivity contribution is 4.71. The van der Waals surface area contributed by atoms with Crippen LogP contribution in [0.5, 0.6) is 0 Å². The smallest absolute Gasteiger partial charge is 0.0166 e.